The van der Waals surface area contributed by atoms with Crippen LogP contribution in [0.4, 0.5) is 10.8 Å². The van der Waals surface area contributed by atoms with Gasteiger partial charge in [-0.1, -0.05) is 30.0 Å². The first-order valence-corrected chi connectivity index (χ1v) is 13.3. The minimum Gasteiger partial charge on any atom is -0.327 e. The van der Waals surface area contributed by atoms with Crippen LogP contribution in [0.2, 0.25) is 0 Å². The maximum absolute atomic E-state index is 12.4. The molecule has 0 radical (unpaired) electrons. The second kappa shape index (κ2) is 9.00. The van der Waals surface area contributed by atoms with Crippen molar-refractivity contribution in [2.75, 3.05) is 15.8 Å². The van der Waals surface area contributed by atoms with E-state index in [1.807, 2.05) is 35.9 Å². The summed E-state index contributed by atoms with van der Waals surface area (Å²) in [5.41, 5.74) is 2.89. The highest BCUT2D eigenvalue weighted by Crippen LogP contribution is 2.26. The van der Waals surface area contributed by atoms with Crippen molar-refractivity contribution in [3.8, 4) is 0 Å². The highest BCUT2D eigenvalue weighted by atomic mass is 32.2. The van der Waals surface area contributed by atoms with Crippen LogP contribution in [0.1, 0.15) is 0 Å². The van der Waals surface area contributed by atoms with Crippen molar-refractivity contribution in [1.82, 2.24) is 24.7 Å². The topological polar surface area (TPSA) is 132 Å². The van der Waals surface area contributed by atoms with Gasteiger partial charge in [0.15, 0.2) is 10.8 Å². The van der Waals surface area contributed by atoms with Crippen molar-refractivity contribution in [3.63, 3.8) is 0 Å². The number of sulfonamides is 1. The molecule has 0 saturated carbocycles. The summed E-state index contributed by atoms with van der Waals surface area (Å²) < 4.78 is 29.2. The molecule has 0 unspecified atom stereocenters. The van der Waals surface area contributed by atoms with Gasteiger partial charge in [-0.05, 0) is 30.3 Å². The summed E-state index contributed by atoms with van der Waals surface area (Å²) in [5.74, 6) is -0.203. The van der Waals surface area contributed by atoms with E-state index in [0.717, 1.165) is 10.9 Å². The van der Waals surface area contributed by atoms with Gasteiger partial charge in [0.2, 0.25) is 11.1 Å². The molecule has 172 valence electrons. The molecule has 0 aliphatic carbocycles. The summed E-state index contributed by atoms with van der Waals surface area (Å²) in [4.78, 5) is 20.9. The van der Waals surface area contributed by atoms with Crippen molar-refractivity contribution < 1.29 is 13.2 Å². The molecule has 0 atom stereocenters. The number of anilines is 2. The molecule has 5 rings (SSSR count). The van der Waals surface area contributed by atoms with E-state index in [-0.39, 0.29) is 21.7 Å². The van der Waals surface area contributed by atoms with Crippen LogP contribution in [0.5, 0.6) is 0 Å². The first-order valence-electron chi connectivity index (χ1n) is 9.93. The smallest absolute Gasteiger partial charge is 0.263 e. The maximum atomic E-state index is 12.4. The highest BCUT2D eigenvalue weighted by Gasteiger charge is 2.16. The van der Waals surface area contributed by atoms with Crippen molar-refractivity contribution >= 4 is 71.9 Å². The van der Waals surface area contributed by atoms with Crippen molar-refractivity contribution in [2.24, 2.45) is 7.05 Å². The normalized spacial score (nSPS) is 11.7. The molecule has 2 N–H and O–H groups in total. The number of thiazole rings is 1. The molecule has 0 aliphatic rings. The minimum absolute atomic E-state index is 0.0674. The SMILES string of the molecule is Cn1c2ccccc2c2nnc(SCC(=O)Nc3ccc(S(=O)(=O)Nc4nccs4)cc3)nc21. The Kier molecular flexibility index (Phi) is 5.89. The van der Waals surface area contributed by atoms with Gasteiger partial charge in [0, 0.05) is 29.7 Å². The van der Waals surface area contributed by atoms with Crippen LogP contribution >= 0.6 is 23.1 Å². The Balaban J connectivity index is 1.23. The van der Waals surface area contributed by atoms with E-state index in [2.05, 4.69) is 30.2 Å². The molecule has 13 heteroatoms. The summed E-state index contributed by atoms with van der Waals surface area (Å²) in [5, 5.41) is 14.5. The van der Waals surface area contributed by atoms with E-state index in [4.69, 9.17) is 0 Å². The van der Waals surface area contributed by atoms with Gasteiger partial charge in [-0.15, -0.1) is 21.5 Å². The number of amides is 1. The third kappa shape index (κ3) is 4.44. The summed E-state index contributed by atoms with van der Waals surface area (Å²) in [7, 11) is -1.84. The Morgan fingerprint density at radius 3 is 2.68 bits per heavy atom. The lowest BCUT2D eigenvalue weighted by molar-refractivity contribution is -0.113. The number of hydrogen-bond acceptors (Lipinski definition) is 9. The quantitative estimate of drug-likeness (QED) is 0.317. The summed E-state index contributed by atoms with van der Waals surface area (Å²) in [6.45, 7) is 0. The van der Waals surface area contributed by atoms with Crippen molar-refractivity contribution in [1.29, 1.82) is 0 Å². The van der Waals surface area contributed by atoms with Crippen LogP contribution in [0, 0.1) is 0 Å². The van der Waals surface area contributed by atoms with Gasteiger partial charge in [0.1, 0.15) is 5.52 Å². The van der Waals surface area contributed by atoms with E-state index < -0.39 is 10.0 Å². The predicted octanol–water partition coefficient (Wildman–Crippen LogP) is 3.50. The molecule has 0 bridgehead atoms. The molecule has 0 aliphatic heterocycles. The minimum atomic E-state index is -3.75. The molecule has 3 aromatic heterocycles. The number of para-hydroxylation sites is 1. The zero-order valence-corrected chi connectivity index (χ0v) is 20.1. The molecule has 3 heterocycles. The molecule has 1 amide bonds. The molecule has 34 heavy (non-hydrogen) atoms. The van der Waals surface area contributed by atoms with Crippen LogP contribution in [-0.4, -0.2) is 44.8 Å². The number of carbonyl (C=O) groups excluding carboxylic acids is 1. The number of nitrogens with one attached hydrogen (secondary N) is 2. The van der Waals surface area contributed by atoms with Crippen LogP contribution < -0.4 is 10.0 Å². The summed E-state index contributed by atoms with van der Waals surface area (Å²) >= 11 is 2.35. The average molecular weight is 512 g/mol. The number of nitrogens with zero attached hydrogens (tertiary/aromatic N) is 5. The zero-order valence-electron chi connectivity index (χ0n) is 17.7. The number of aryl methyl sites for hydroxylation is 1. The summed E-state index contributed by atoms with van der Waals surface area (Å²) in [6, 6.07) is 13.7. The monoisotopic (exact) mass is 511 g/mol. The number of rotatable bonds is 7. The van der Waals surface area contributed by atoms with Crippen LogP contribution in [0.3, 0.4) is 0 Å². The fourth-order valence-corrected chi connectivity index (χ4v) is 5.72. The lowest BCUT2D eigenvalue weighted by Crippen LogP contribution is -2.15. The molecule has 0 spiro atoms. The third-order valence-electron chi connectivity index (χ3n) is 4.92. The molecule has 0 fully saturated rings. The first-order chi connectivity index (χ1) is 16.4. The Hall–Kier alpha value is -3.55. The zero-order chi connectivity index (χ0) is 23.7. The number of benzene rings is 2. The highest BCUT2D eigenvalue weighted by molar-refractivity contribution is 7.99. The van der Waals surface area contributed by atoms with Gasteiger partial charge in [-0.3, -0.25) is 9.52 Å². The van der Waals surface area contributed by atoms with Crippen LogP contribution in [-0.2, 0) is 21.9 Å². The first kappa shape index (κ1) is 22.3. The molecule has 0 saturated heterocycles. The van der Waals surface area contributed by atoms with Gasteiger partial charge in [0.25, 0.3) is 10.0 Å². The molecular formula is C21H17N7O3S3. The standard InChI is InChI=1S/C21H17N7O3S3/c1-28-16-5-3-2-4-15(16)18-19(28)24-21(26-25-18)33-12-17(29)23-13-6-8-14(9-7-13)34(30,31)27-20-22-10-11-32-20/h2-11H,12H2,1H3,(H,22,27)(H,23,29). The second-order valence-electron chi connectivity index (χ2n) is 7.15. The van der Waals surface area contributed by atoms with Crippen molar-refractivity contribution in [3.05, 3.63) is 60.1 Å². The largest absolute Gasteiger partial charge is 0.327 e. The Morgan fingerprint density at radius 1 is 1.12 bits per heavy atom. The number of thioether (sulfide) groups is 1. The maximum Gasteiger partial charge on any atom is 0.263 e. The van der Waals surface area contributed by atoms with Gasteiger partial charge in [-0.2, -0.15) is 0 Å². The molecule has 5 aromatic rings. The van der Waals surface area contributed by atoms with Gasteiger partial charge >= 0.3 is 0 Å². The van der Waals surface area contributed by atoms with Gasteiger partial charge in [0.05, 0.1) is 16.2 Å². The fraction of sp³-hybridized carbons (Fsp3) is 0.0952. The van der Waals surface area contributed by atoms with E-state index >= 15 is 0 Å². The van der Waals surface area contributed by atoms with E-state index in [9.17, 15) is 13.2 Å². The Labute approximate surface area is 202 Å². The van der Waals surface area contributed by atoms with Crippen LogP contribution in [0.25, 0.3) is 22.1 Å². The number of aromatic nitrogens is 5. The molecular weight excluding hydrogens is 494 g/mol. The molecule has 10 nitrogen and oxygen atoms in total. The van der Waals surface area contributed by atoms with E-state index in [0.29, 0.717) is 22.0 Å². The average Bonchev–Trinajstić information content (AvgIpc) is 3.44. The number of fused-ring (bicyclic) bond motifs is 3. The van der Waals surface area contributed by atoms with E-state index in [1.54, 1.807) is 5.38 Å². The van der Waals surface area contributed by atoms with Gasteiger partial charge < -0.3 is 9.88 Å². The Morgan fingerprint density at radius 2 is 1.91 bits per heavy atom. The fourth-order valence-electron chi connectivity index (χ4n) is 3.35. The van der Waals surface area contributed by atoms with Crippen molar-refractivity contribution in [2.45, 2.75) is 10.1 Å². The lowest BCUT2D eigenvalue weighted by atomic mass is 10.2. The summed E-state index contributed by atoms with van der Waals surface area (Å²) in [6.07, 6.45) is 1.51. The van der Waals surface area contributed by atoms with Gasteiger partial charge in [-0.25, -0.2) is 18.4 Å². The van der Waals surface area contributed by atoms with Crippen LogP contribution in [0.15, 0.2) is 70.2 Å². The predicted molar refractivity (Wildman–Crippen MR) is 133 cm³/mol. The Bertz CT molecular complexity index is 1600. The number of hydrogen-bond donors (Lipinski definition) is 2. The second-order valence-corrected chi connectivity index (χ2v) is 10.7. The number of carbonyl (C=O) groups is 1. The third-order valence-corrected chi connectivity index (χ3v) is 7.93. The lowest BCUT2D eigenvalue weighted by Gasteiger charge is -2.08. The van der Waals surface area contributed by atoms with E-state index in [1.165, 1.54) is 53.6 Å². The molecule has 2 aromatic carbocycles.